The third-order valence-electron chi connectivity index (χ3n) is 3.42. The Balaban J connectivity index is 2.34. The summed E-state index contributed by atoms with van der Waals surface area (Å²) in [6.45, 7) is 1.96. The van der Waals surface area contributed by atoms with Crippen LogP contribution in [-0.2, 0) is 0 Å². The van der Waals surface area contributed by atoms with Gasteiger partial charge in [-0.05, 0) is 17.9 Å². The second-order valence-electron chi connectivity index (χ2n) is 4.49. The van der Waals surface area contributed by atoms with Crippen molar-refractivity contribution in [2.75, 3.05) is 0 Å². The molecule has 0 spiro atoms. The average molecular weight is 221 g/mol. The summed E-state index contributed by atoms with van der Waals surface area (Å²) in [5.41, 5.74) is 0.952. The van der Waals surface area contributed by atoms with Gasteiger partial charge < -0.3 is 5.11 Å². The first kappa shape index (κ1) is 11.1. The molecule has 1 aromatic carbocycles. The molecule has 1 fully saturated rings. The zero-order chi connectivity index (χ0) is 11.7. The van der Waals surface area contributed by atoms with E-state index in [0.29, 0.717) is 6.42 Å². The number of aliphatic hydroxyl groups is 1. The molecule has 0 radical (unpaired) electrons. The number of benzene rings is 1. The van der Waals surface area contributed by atoms with Crippen molar-refractivity contribution in [3.05, 3.63) is 46.0 Å². The van der Waals surface area contributed by atoms with Crippen molar-refractivity contribution in [3.8, 4) is 0 Å². The molecule has 1 N–H and O–H groups in total. The molecule has 0 aliphatic heterocycles. The van der Waals surface area contributed by atoms with E-state index in [1.54, 1.807) is 0 Å². The fraction of sp³-hybridized carbons (Fsp3) is 0.500. The molecule has 1 aliphatic carbocycles. The first-order valence-corrected chi connectivity index (χ1v) is 5.47. The number of hydrogen-bond acceptors (Lipinski definition) is 3. The summed E-state index contributed by atoms with van der Waals surface area (Å²) in [6.07, 6.45) is -0.319. The van der Waals surface area contributed by atoms with Crippen LogP contribution in [0.2, 0.25) is 0 Å². The van der Waals surface area contributed by atoms with E-state index in [1.807, 2.05) is 37.3 Å². The molecule has 16 heavy (non-hydrogen) atoms. The molecule has 2 unspecified atom stereocenters. The Morgan fingerprint density at radius 1 is 1.38 bits per heavy atom. The van der Waals surface area contributed by atoms with E-state index in [1.165, 1.54) is 0 Å². The summed E-state index contributed by atoms with van der Waals surface area (Å²) in [5.74, 6) is -0.0287. The second kappa shape index (κ2) is 4.22. The van der Waals surface area contributed by atoms with Crippen molar-refractivity contribution in [1.29, 1.82) is 0 Å². The van der Waals surface area contributed by atoms with Gasteiger partial charge in [0.15, 0.2) is 0 Å². The lowest BCUT2D eigenvalue weighted by Crippen LogP contribution is -2.33. The van der Waals surface area contributed by atoms with Gasteiger partial charge in [-0.25, -0.2) is 0 Å². The lowest BCUT2D eigenvalue weighted by Gasteiger charge is -2.17. The van der Waals surface area contributed by atoms with Crippen LogP contribution in [0.15, 0.2) is 30.3 Å². The van der Waals surface area contributed by atoms with E-state index in [2.05, 4.69) is 0 Å². The number of rotatable bonds is 2. The molecule has 2 rings (SSSR count). The minimum Gasteiger partial charge on any atom is -0.386 e. The van der Waals surface area contributed by atoms with Gasteiger partial charge in [-0.2, -0.15) is 0 Å². The van der Waals surface area contributed by atoms with Crippen LogP contribution in [0.4, 0.5) is 0 Å². The summed E-state index contributed by atoms with van der Waals surface area (Å²) in [7, 11) is 0. The maximum atomic E-state index is 11.0. The van der Waals surface area contributed by atoms with E-state index in [0.717, 1.165) is 5.56 Å². The number of aliphatic hydroxyl groups excluding tert-OH is 1. The van der Waals surface area contributed by atoms with E-state index in [4.69, 9.17) is 0 Å². The molecule has 1 saturated carbocycles. The minimum absolute atomic E-state index is 0.146. The van der Waals surface area contributed by atoms with Crippen LogP contribution in [-0.4, -0.2) is 22.2 Å². The summed E-state index contributed by atoms with van der Waals surface area (Å²) in [4.78, 5) is 10.6. The third-order valence-corrected chi connectivity index (χ3v) is 3.42. The summed E-state index contributed by atoms with van der Waals surface area (Å²) in [6, 6.07) is 8.58. The fourth-order valence-electron chi connectivity index (χ4n) is 2.72. The summed E-state index contributed by atoms with van der Waals surface area (Å²) in [5, 5.41) is 20.7. The van der Waals surface area contributed by atoms with Crippen molar-refractivity contribution in [1.82, 2.24) is 0 Å². The van der Waals surface area contributed by atoms with E-state index >= 15 is 0 Å². The largest absolute Gasteiger partial charge is 0.386 e. The quantitative estimate of drug-likeness (QED) is 0.612. The van der Waals surface area contributed by atoms with Crippen LogP contribution in [0, 0.1) is 16.0 Å². The van der Waals surface area contributed by atoms with E-state index in [-0.39, 0.29) is 16.8 Å². The van der Waals surface area contributed by atoms with Crippen LogP contribution in [0.5, 0.6) is 0 Å². The van der Waals surface area contributed by atoms with Gasteiger partial charge in [-0.15, -0.1) is 0 Å². The highest BCUT2D eigenvalue weighted by Crippen LogP contribution is 2.40. The molecule has 0 amide bonds. The Morgan fingerprint density at radius 2 is 2.00 bits per heavy atom. The summed E-state index contributed by atoms with van der Waals surface area (Å²) >= 11 is 0. The Kier molecular flexibility index (Phi) is 2.92. The third kappa shape index (κ3) is 1.80. The minimum atomic E-state index is -0.864. The van der Waals surface area contributed by atoms with Gasteiger partial charge in [0.05, 0.1) is 5.92 Å². The lowest BCUT2D eigenvalue weighted by molar-refractivity contribution is -0.534. The molecule has 0 heterocycles. The number of nitrogens with zero attached hydrogens (tertiary/aromatic N) is 1. The second-order valence-corrected chi connectivity index (χ2v) is 4.49. The fourth-order valence-corrected chi connectivity index (χ4v) is 2.72. The van der Waals surface area contributed by atoms with Gasteiger partial charge in [0, 0.05) is 4.92 Å². The Morgan fingerprint density at radius 3 is 2.56 bits per heavy atom. The van der Waals surface area contributed by atoms with Crippen molar-refractivity contribution in [3.63, 3.8) is 0 Å². The highest BCUT2D eigenvalue weighted by molar-refractivity contribution is 5.23. The molecular weight excluding hydrogens is 206 g/mol. The maximum absolute atomic E-state index is 11.0. The van der Waals surface area contributed by atoms with Crippen LogP contribution >= 0.6 is 0 Å². The molecule has 86 valence electrons. The van der Waals surface area contributed by atoms with Crippen LogP contribution in [0.25, 0.3) is 0 Å². The number of nitro groups is 1. The van der Waals surface area contributed by atoms with Crippen molar-refractivity contribution >= 4 is 0 Å². The van der Waals surface area contributed by atoms with Crippen LogP contribution in [0.1, 0.15) is 24.8 Å². The van der Waals surface area contributed by atoms with E-state index in [9.17, 15) is 15.2 Å². The standard InChI is InChI=1S/C12H15NO3/c1-8-7-10(14)12(13(15)16)11(8)9-5-3-2-4-6-9/h2-6,8,10-12,14H,7H2,1H3/t8-,10?,11+,12?/m1/s1. The topological polar surface area (TPSA) is 63.4 Å². The van der Waals surface area contributed by atoms with Crippen molar-refractivity contribution < 1.29 is 10.0 Å². The maximum Gasteiger partial charge on any atom is 0.245 e. The first-order valence-electron chi connectivity index (χ1n) is 5.47. The molecule has 1 aromatic rings. The van der Waals surface area contributed by atoms with E-state index < -0.39 is 12.1 Å². The molecule has 0 aromatic heterocycles. The predicted octanol–water partition coefficient (Wildman–Crippen LogP) is 1.82. The number of hydrogen-bond donors (Lipinski definition) is 1. The molecule has 1 aliphatic rings. The summed E-state index contributed by atoms with van der Waals surface area (Å²) < 4.78 is 0. The van der Waals surface area contributed by atoms with Gasteiger partial charge in [0.2, 0.25) is 6.04 Å². The molecule has 4 nitrogen and oxygen atoms in total. The zero-order valence-corrected chi connectivity index (χ0v) is 9.11. The van der Waals surface area contributed by atoms with Gasteiger partial charge in [-0.1, -0.05) is 37.3 Å². The molecule has 4 atom stereocenters. The normalized spacial score (nSPS) is 33.9. The average Bonchev–Trinajstić information content (AvgIpc) is 2.55. The Labute approximate surface area is 94.1 Å². The van der Waals surface area contributed by atoms with Crippen molar-refractivity contribution in [2.24, 2.45) is 5.92 Å². The lowest BCUT2D eigenvalue weighted by atomic mass is 9.88. The van der Waals surface area contributed by atoms with Gasteiger partial charge in [-0.3, -0.25) is 10.1 Å². The van der Waals surface area contributed by atoms with Crippen LogP contribution in [0.3, 0.4) is 0 Å². The van der Waals surface area contributed by atoms with Crippen LogP contribution < -0.4 is 0 Å². The Hall–Kier alpha value is -1.42. The zero-order valence-electron chi connectivity index (χ0n) is 9.11. The molecule has 0 bridgehead atoms. The highest BCUT2D eigenvalue weighted by atomic mass is 16.6. The van der Waals surface area contributed by atoms with Gasteiger partial charge in [0.25, 0.3) is 0 Å². The SMILES string of the molecule is C[C@@H]1CC(O)C([N+](=O)[O-])[C@@H]1c1ccccc1. The van der Waals surface area contributed by atoms with Gasteiger partial charge in [0.1, 0.15) is 6.10 Å². The monoisotopic (exact) mass is 221 g/mol. The first-order chi connectivity index (χ1) is 7.61. The highest BCUT2D eigenvalue weighted by Gasteiger charge is 2.48. The van der Waals surface area contributed by atoms with Crippen molar-refractivity contribution in [2.45, 2.75) is 31.4 Å². The Bertz CT molecular complexity index is 379. The smallest absolute Gasteiger partial charge is 0.245 e. The van der Waals surface area contributed by atoms with Gasteiger partial charge >= 0.3 is 0 Å². The molecule has 0 saturated heterocycles. The molecule has 4 heteroatoms. The molecular formula is C12H15NO3. The predicted molar refractivity (Wildman–Crippen MR) is 59.8 cm³/mol.